The summed E-state index contributed by atoms with van der Waals surface area (Å²) in [6, 6.07) is 2.09. The van der Waals surface area contributed by atoms with E-state index >= 15 is 0 Å². The van der Waals surface area contributed by atoms with Gasteiger partial charge in [0.1, 0.15) is 0 Å². The molecule has 66 valence electrons. The van der Waals surface area contributed by atoms with E-state index in [1.54, 1.807) is 0 Å². The Hall–Kier alpha value is -0.480. The molecule has 1 aromatic rings. The Kier molecular flexibility index (Phi) is 2.37. The molecule has 0 spiro atoms. The zero-order chi connectivity index (χ0) is 8.39. The molecule has 12 heavy (non-hydrogen) atoms. The van der Waals surface area contributed by atoms with Crippen molar-refractivity contribution in [2.24, 2.45) is 5.73 Å². The van der Waals surface area contributed by atoms with Gasteiger partial charge in [-0.1, -0.05) is 0 Å². The average molecular weight is 183 g/mol. The topological polar surface area (TPSA) is 54.7 Å². The summed E-state index contributed by atoms with van der Waals surface area (Å²) in [6.45, 7) is 0.562. The van der Waals surface area contributed by atoms with Crippen LogP contribution >= 0.6 is 11.8 Å². The first-order valence-electron chi connectivity index (χ1n) is 4.22. The number of hydrogen-bond donors (Lipinski definition) is 2. The number of nitrogens with two attached hydrogens (primary N) is 1. The van der Waals surface area contributed by atoms with Crippen LogP contribution in [0, 0.1) is 0 Å². The zero-order valence-electron chi connectivity index (χ0n) is 6.92. The number of thioether (sulfide) groups is 1. The molecule has 1 fully saturated rings. The minimum atomic E-state index is 0.562. The summed E-state index contributed by atoms with van der Waals surface area (Å²) in [7, 11) is 0. The first-order valence-corrected chi connectivity index (χ1v) is 5.37. The van der Waals surface area contributed by atoms with E-state index in [9.17, 15) is 0 Å². The quantitative estimate of drug-likeness (QED) is 0.721. The second-order valence-corrected chi connectivity index (χ2v) is 4.23. The molecule has 0 amide bonds. The Morgan fingerprint density at radius 1 is 1.75 bits per heavy atom. The highest BCUT2D eigenvalue weighted by Gasteiger charge is 2.19. The first-order chi connectivity index (χ1) is 5.90. The Labute approximate surface area is 76.1 Å². The highest BCUT2D eigenvalue weighted by Crippen LogP contribution is 2.31. The summed E-state index contributed by atoms with van der Waals surface area (Å²) < 4.78 is 0. The lowest BCUT2D eigenvalue weighted by molar-refractivity contribution is 0.744. The highest BCUT2D eigenvalue weighted by molar-refractivity contribution is 7.99. The molecule has 3 nitrogen and oxygen atoms in total. The lowest BCUT2D eigenvalue weighted by Gasteiger charge is -2.00. The van der Waals surface area contributed by atoms with Crippen LogP contribution in [-0.4, -0.2) is 21.7 Å². The summed E-state index contributed by atoms with van der Waals surface area (Å²) in [6.07, 6.45) is 1.26. The van der Waals surface area contributed by atoms with Crippen LogP contribution in [0.5, 0.6) is 0 Å². The van der Waals surface area contributed by atoms with Gasteiger partial charge in [-0.05, 0) is 18.2 Å². The van der Waals surface area contributed by atoms with Crippen molar-refractivity contribution in [1.29, 1.82) is 0 Å². The lowest BCUT2D eigenvalue weighted by Crippen LogP contribution is -1.96. The molecule has 4 heteroatoms. The molecular formula is C8H13N3S. The van der Waals surface area contributed by atoms with Gasteiger partial charge in [0, 0.05) is 23.9 Å². The van der Waals surface area contributed by atoms with E-state index in [1.165, 1.54) is 23.6 Å². The molecule has 2 heterocycles. The maximum Gasteiger partial charge on any atom is 0.0664 e. The molecule has 1 aromatic heterocycles. The number of hydrogen-bond acceptors (Lipinski definition) is 3. The van der Waals surface area contributed by atoms with Crippen LogP contribution in [0.2, 0.25) is 0 Å². The van der Waals surface area contributed by atoms with Crippen LogP contribution in [0.4, 0.5) is 0 Å². The Morgan fingerprint density at radius 2 is 2.67 bits per heavy atom. The third-order valence-electron chi connectivity index (χ3n) is 2.22. The normalized spacial score (nSPS) is 23.2. The summed E-state index contributed by atoms with van der Waals surface area (Å²) in [5, 5.41) is 7.20. The van der Waals surface area contributed by atoms with Crippen molar-refractivity contribution in [1.82, 2.24) is 10.2 Å². The summed E-state index contributed by atoms with van der Waals surface area (Å²) >= 11 is 2.01. The molecule has 0 aliphatic carbocycles. The standard InChI is InChI=1S/C8H13N3S/c9-4-7-3-8(11-10-7)6-1-2-12-5-6/h3,6H,1-2,4-5,9H2,(H,10,11). The highest BCUT2D eigenvalue weighted by atomic mass is 32.2. The zero-order valence-corrected chi connectivity index (χ0v) is 7.73. The van der Waals surface area contributed by atoms with Gasteiger partial charge in [-0.15, -0.1) is 0 Å². The third kappa shape index (κ3) is 1.49. The molecule has 2 rings (SSSR count). The molecule has 0 bridgehead atoms. The lowest BCUT2D eigenvalue weighted by atomic mass is 10.1. The van der Waals surface area contributed by atoms with Crippen LogP contribution < -0.4 is 5.73 Å². The maximum absolute atomic E-state index is 5.49. The van der Waals surface area contributed by atoms with Crippen molar-refractivity contribution < 1.29 is 0 Å². The minimum Gasteiger partial charge on any atom is -0.325 e. The van der Waals surface area contributed by atoms with E-state index in [2.05, 4.69) is 16.3 Å². The molecular weight excluding hydrogens is 170 g/mol. The van der Waals surface area contributed by atoms with Gasteiger partial charge in [0.2, 0.25) is 0 Å². The van der Waals surface area contributed by atoms with Gasteiger partial charge in [-0.25, -0.2) is 0 Å². The Morgan fingerprint density at radius 3 is 3.25 bits per heavy atom. The fraction of sp³-hybridized carbons (Fsp3) is 0.625. The van der Waals surface area contributed by atoms with Crippen molar-refractivity contribution >= 4 is 11.8 Å². The monoisotopic (exact) mass is 183 g/mol. The molecule has 3 N–H and O–H groups in total. The van der Waals surface area contributed by atoms with Gasteiger partial charge in [0.05, 0.1) is 5.69 Å². The van der Waals surface area contributed by atoms with Crippen LogP contribution in [0.1, 0.15) is 23.7 Å². The van der Waals surface area contributed by atoms with Gasteiger partial charge in [0.25, 0.3) is 0 Å². The average Bonchev–Trinajstić information content (AvgIpc) is 2.75. The number of aromatic amines is 1. The van der Waals surface area contributed by atoms with Crippen LogP contribution in [0.15, 0.2) is 6.07 Å². The van der Waals surface area contributed by atoms with Gasteiger partial charge < -0.3 is 5.73 Å². The number of rotatable bonds is 2. The van der Waals surface area contributed by atoms with Crippen molar-refractivity contribution in [3.05, 3.63) is 17.5 Å². The molecule has 0 aromatic carbocycles. The van der Waals surface area contributed by atoms with Gasteiger partial charge in [0.15, 0.2) is 0 Å². The van der Waals surface area contributed by atoms with E-state index in [-0.39, 0.29) is 0 Å². The van der Waals surface area contributed by atoms with Crippen LogP contribution in [0.25, 0.3) is 0 Å². The van der Waals surface area contributed by atoms with Crippen molar-refractivity contribution in [3.63, 3.8) is 0 Å². The van der Waals surface area contributed by atoms with E-state index in [4.69, 9.17) is 5.73 Å². The number of nitrogens with zero attached hydrogens (tertiary/aromatic N) is 1. The van der Waals surface area contributed by atoms with Crippen molar-refractivity contribution in [2.45, 2.75) is 18.9 Å². The van der Waals surface area contributed by atoms with E-state index in [0.29, 0.717) is 12.5 Å². The molecule has 0 saturated carbocycles. The SMILES string of the molecule is NCc1cc(C2CCSC2)n[nH]1. The predicted molar refractivity (Wildman–Crippen MR) is 51.2 cm³/mol. The number of aromatic nitrogens is 2. The molecule has 1 unspecified atom stereocenters. The van der Waals surface area contributed by atoms with Crippen molar-refractivity contribution in [2.75, 3.05) is 11.5 Å². The van der Waals surface area contributed by atoms with Gasteiger partial charge in [-0.2, -0.15) is 16.9 Å². The molecule has 1 atom stereocenters. The number of H-pyrrole nitrogens is 1. The predicted octanol–water partition coefficient (Wildman–Crippen LogP) is 1.09. The minimum absolute atomic E-state index is 0.562. The fourth-order valence-electron chi connectivity index (χ4n) is 1.46. The van der Waals surface area contributed by atoms with Gasteiger partial charge >= 0.3 is 0 Å². The molecule has 1 aliphatic heterocycles. The fourth-order valence-corrected chi connectivity index (χ4v) is 2.70. The van der Waals surface area contributed by atoms with Crippen molar-refractivity contribution in [3.8, 4) is 0 Å². The van der Waals surface area contributed by atoms with E-state index in [0.717, 1.165) is 5.69 Å². The molecule has 1 aliphatic rings. The summed E-state index contributed by atoms with van der Waals surface area (Å²) in [4.78, 5) is 0. The summed E-state index contributed by atoms with van der Waals surface area (Å²) in [5.41, 5.74) is 7.72. The van der Waals surface area contributed by atoms with E-state index < -0.39 is 0 Å². The van der Waals surface area contributed by atoms with Crippen LogP contribution in [0.3, 0.4) is 0 Å². The largest absolute Gasteiger partial charge is 0.325 e. The third-order valence-corrected chi connectivity index (χ3v) is 3.38. The number of nitrogens with one attached hydrogen (secondary N) is 1. The molecule has 0 radical (unpaired) electrons. The first kappa shape index (κ1) is 8.13. The van der Waals surface area contributed by atoms with Crippen LogP contribution in [-0.2, 0) is 6.54 Å². The second kappa shape index (κ2) is 3.49. The molecule has 1 saturated heterocycles. The summed E-state index contributed by atoms with van der Waals surface area (Å²) in [5.74, 6) is 3.15. The Bertz CT molecular complexity index is 253. The Balaban J connectivity index is 2.11. The second-order valence-electron chi connectivity index (χ2n) is 3.08. The van der Waals surface area contributed by atoms with E-state index in [1.807, 2.05) is 11.8 Å². The maximum atomic E-state index is 5.49. The smallest absolute Gasteiger partial charge is 0.0664 e. The van der Waals surface area contributed by atoms with Gasteiger partial charge in [-0.3, -0.25) is 5.10 Å².